The number of nitrogens with one attached hydrogen (secondary N) is 2. The van der Waals surface area contributed by atoms with E-state index in [2.05, 4.69) is 31.2 Å². The van der Waals surface area contributed by atoms with Gasteiger partial charge in [0, 0.05) is 4.47 Å². The third-order valence-electron chi connectivity index (χ3n) is 3.28. The minimum absolute atomic E-state index is 0.111. The van der Waals surface area contributed by atoms with Crippen LogP contribution < -0.4 is 11.1 Å². The van der Waals surface area contributed by atoms with Crippen LogP contribution in [0.15, 0.2) is 47.1 Å². The Bertz CT molecular complexity index is 908. The second kappa shape index (κ2) is 6.62. The number of halogens is 3. The minimum atomic E-state index is -0.528. The van der Waals surface area contributed by atoms with Crippen molar-refractivity contribution in [3.05, 3.63) is 63.6 Å². The molecule has 3 rings (SSSR count). The van der Waals surface area contributed by atoms with Crippen molar-refractivity contribution in [1.29, 1.82) is 0 Å². The molecule has 24 heavy (non-hydrogen) atoms. The van der Waals surface area contributed by atoms with E-state index in [4.69, 9.17) is 17.3 Å². The number of aromatic nitrogens is 2. The summed E-state index contributed by atoms with van der Waals surface area (Å²) in [6, 6.07) is 9.42. The van der Waals surface area contributed by atoms with Gasteiger partial charge in [-0.2, -0.15) is 0 Å². The first-order valence-electron chi connectivity index (χ1n) is 6.81. The van der Waals surface area contributed by atoms with Gasteiger partial charge in [-0.25, -0.2) is 9.37 Å². The molecule has 0 saturated heterocycles. The predicted octanol–water partition coefficient (Wildman–Crippen LogP) is 4.47. The molecule has 0 unspecified atom stereocenters. The number of nitrogens with zero attached hydrogens (tertiary/aromatic N) is 1. The fraction of sp³-hybridized carbons (Fsp3) is 0. The SMILES string of the molecule is Nc1ccc(Br)cc1NC(=O)c1cnc(-c2c(F)cccc2Cl)[nH]1. The number of carbonyl (C=O) groups is 1. The molecule has 1 aromatic heterocycles. The molecule has 8 heteroatoms. The number of nitrogen functional groups attached to an aromatic ring is 1. The van der Waals surface area contributed by atoms with Gasteiger partial charge in [-0.3, -0.25) is 4.79 Å². The van der Waals surface area contributed by atoms with E-state index < -0.39 is 11.7 Å². The summed E-state index contributed by atoms with van der Waals surface area (Å²) in [7, 11) is 0. The molecule has 0 aliphatic heterocycles. The number of benzene rings is 2. The number of nitrogens with two attached hydrogens (primary N) is 1. The van der Waals surface area contributed by atoms with Gasteiger partial charge < -0.3 is 16.0 Å². The van der Waals surface area contributed by atoms with Gasteiger partial charge in [-0.15, -0.1) is 0 Å². The molecule has 3 aromatic rings. The van der Waals surface area contributed by atoms with Crippen molar-refractivity contribution in [2.45, 2.75) is 0 Å². The second-order valence-corrected chi connectivity index (χ2v) is 6.25. The fourth-order valence-corrected chi connectivity index (χ4v) is 2.73. The molecule has 0 aliphatic rings. The van der Waals surface area contributed by atoms with E-state index in [1.165, 1.54) is 18.3 Å². The largest absolute Gasteiger partial charge is 0.397 e. The number of hydrogen-bond acceptors (Lipinski definition) is 3. The van der Waals surface area contributed by atoms with Gasteiger partial charge in [0.1, 0.15) is 17.3 Å². The third kappa shape index (κ3) is 3.27. The van der Waals surface area contributed by atoms with Gasteiger partial charge in [-0.05, 0) is 30.3 Å². The van der Waals surface area contributed by atoms with Gasteiger partial charge in [0.15, 0.2) is 0 Å². The number of anilines is 2. The highest BCUT2D eigenvalue weighted by Crippen LogP contribution is 2.28. The van der Waals surface area contributed by atoms with Gasteiger partial charge >= 0.3 is 0 Å². The van der Waals surface area contributed by atoms with Crippen LogP contribution in [0.4, 0.5) is 15.8 Å². The van der Waals surface area contributed by atoms with Gasteiger partial charge in [-0.1, -0.05) is 33.6 Å². The lowest BCUT2D eigenvalue weighted by atomic mass is 10.2. The van der Waals surface area contributed by atoms with Crippen LogP contribution in [0.25, 0.3) is 11.4 Å². The van der Waals surface area contributed by atoms with Crippen molar-refractivity contribution in [3.8, 4) is 11.4 Å². The molecule has 0 spiro atoms. The van der Waals surface area contributed by atoms with E-state index in [0.717, 1.165) is 4.47 Å². The zero-order chi connectivity index (χ0) is 17.3. The van der Waals surface area contributed by atoms with Crippen molar-refractivity contribution in [3.63, 3.8) is 0 Å². The van der Waals surface area contributed by atoms with E-state index in [1.54, 1.807) is 24.3 Å². The number of aromatic amines is 1. The Morgan fingerprint density at radius 3 is 2.88 bits per heavy atom. The van der Waals surface area contributed by atoms with Crippen LogP contribution in [0.2, 0.25) is 5.02 Å². The minimum Gasteiger partial charge on any atom is -0.397 e. The zero-order valence-corrected chi connectivity index (χ0v) is 14.5. The number of carbonyl (C=O) groups excluding carboxylic acids is 1. The molecule has 0 atom stereocenters. The van der Waals surface area contributed by atoms with Gasteiger partial charge in [0.25, 0.3) is 5.91 Å². The Morgan fingerprint density at radius 1 is 1.33 bits per heavy atom. The van der Waals surface area contributed by atoms with Crippen molar-refractivity contribution in [2.24, 2.45) is 0 Å². The highest BCUT2D eigenvalue weighted by molar-refractivity contribution is 9.10. The summed E-state index contributed by atoms with van der Waals surface area (Å²) >= 11 is 9.31. The first-order chi connectivity index (χ1) is 11.5. The molecule has 2 aromatic carbocycles. The average Bonchev–Trinajstić information content (AvgIpc) is 3.00. The molecule has 0 bridgehead atoms. The molecular weight excluding hydrogens is 399 g/mol. The maximum absolute atomic E-state index is 13.9. The topological polar surface area (TPSA) is 83.8 Å². The normalized spacial score (nSPS) is 10.6. The standard InChI is InChI=1S/C16H11BrClFN4O/c17-8-4-5-11(20)12(6-8)23-16(24)13-7-21-15(22-13)14-9(18)2-1-3-10(14)19/h1-7H,20H2,(H,21,22)(H,23,24). The van der Waals surface area contributed by atoms with Crippen molar-refractivity contribution < 1.29 is 9.18 Å². The lowest BCUT2D eigenvalue weighted by Crippen LogP contribution is -2.13. The summed E-state index contributed by atoms with van der Waals surface area (Å²) in [5, 5.41) is 2.87. The highest BCUT2D eigenvalue weighted by Gasteiger charge is 2.16. The lowest BCUT2D eigenvalue weighted by Gasteiger charge is -2.07. The van der Waals surface area contributed by atoms with E-state index in [-0.39, 0.29) is 22.1 Å². The summed E-state index contributed by atoms with van der Waals surface area (Å²) in [6.45, 7) is 0. The van der Waals surface area contributed by atoms with Crippen molar-refractivity contribution in [1.82, 2.24) is 9.97 Å². The quantitative estimate of drug-likeness (QED) is 0.558. The summed E-state index contributed by atoms with van der Waals surface area (Å²) in [5.41, 5.74) is 6.96. The van der Waals surface area contributed by atoms with Crippen LogP contribution in [-0.2, 0) is 0 Å². The molecule has 0 saturated carbocycles. The zero-order valence-electron chi connectivity index (χ0n) is 12.1. The summed E-state index contributed by atoms with van der Waals surface area (Å²) in [6.07, 6.45) is 1.31. The Morgan fingerprint density at radius 2 is 2.12 bits per heavy atom. The molecular formula is C16H11BrClFN4O. The molecule has 5 nitrogen and oxygen atoms in total. The number of hydrogen-bond donors (Lipinski definition) is 3. The van der Waals surface area contributed by atoms with Crippen LogP contribution in [0.5, 0.6) is 0 Å². The van der Waals surface area contributed by atoms with Crippen LogP contribution in [0, 0.1) is 5.82 Å². The fourth-order valence-electron chi connectivity index (χ4n) is 2.11. The summed E-state index contributed by atoms with van der Waals surface area (Å²) in [4.78, 5) is 19.1. The van der Waals surface area contributed by atoms with Crippen LogP contribution in [-0.4, -0.2) is 15.9 Å². The van der Waals surface area contributed by atoms with Crippen molar-refractivity contribution in [2.75, 3.05) is 11.1 Å². The Kier molecular flexibility index (Phi) is 4.55. The average molecular weight is 410 g/mol. The maximum Gasteiger partial charge on any atom is 0.273 e. The Balaban J connectivity index is 1.88. The van der Waals surface area contributed by atoms with Crippen molar-refractivity contribution >= 4 is 44.8 Å². The third-order valence-corrected chi connectivity index (χ3v) is 4.09. The number of amides is 1. The predicted molar refractivity (Wildman–Crippen MR) is 95.5 cm³/mol. The number of imidazole rings is 1. The Labute approximate surface area is 150 Å². The monoisotopic (exact) mass is 408 g/mol. The molecule has 0 radical (unpaired) electrons. The molecule has 1 heterocycles. The van der Waals surface area contributed by atoms with E-state index in [9.17, 15) is 9.18 Å². The molecule has 1 amide bonds. The molecule has 0 fully saturated rings. The second-order valence-electron chi connectivity index (χ2n) is 4.93. The summed E-state index contributed by atoms with van der Waals surface area (Å²) in [5.74, 6) is -0.809. The first kappa shape index (κ1) is 16.5. The van der Waals surface area contributed by atoms with E-state index >= 15 is 0 Å². The van der Waals surface area contributed by atoms with E-state index in [0.29, 0.717) is 11.4 Å². The molecule has 122 valence electrons. The highest BCUT2D eigenvalue weighted by atomic mass is 79.9. The van der Waals surface area contributed by atoms with Crippen LogP contribution >= 0.6 is 27.5 Å². The molecule has 4 N–H and O–H groups in total. The van der Waals surface area contributed by atoms with Gasteiger partial charge in [0.05, 0.1) is 28.2 Å². The first-order valence-corrected chi connectivity index (χ1v) is 7.98. The van der Waals surface area contributed by atoms with Crippen LogP contribution in [0.1, 0.15) is 10.5 Å². The van der Waals surface area contributed by atoms with Gasteiger partial charge in [0.2, 0.25) is 0 Å². The number of H-pyrrole nitrogens is 1. The smallest absolute Gasteiger partial charge is 0.273 e. The summed E-state index contributed by atoms with van der Waals surface area (Å²) < 4.78 is 14.7. The Hall–Kier alpha value is -2.38. The van der Waals surface area contributed by atoms with E-state index in [1.807, 2.05) is 0 Å². The molecule has 0 aliphatic carbocycles. The van der Waals surface area contributed by atoms with Crippen LogP contribution in [0.3, 0.4) is 0 Å². The maximum atomic E-state index is 13.9. The lowest BCUT2D eigenvalue weighted by molar-refractivity contribution is 0.102. The number of rotatable bonds is 3.